The molecule has 2 atom stereocenters. The molecule has 0 aromatic carbocycles. The maximum atomic E-state index is 11.5. The van der Waals surface area contributed by atoms with Gasteiger partial charge < -0.3 is 5.11 Å². The van der Waals surface area contributed by atoms with Crippen molar-refractivity contribution in [2.24, 2.45) is 5.41 Å². The molecule has 0 aliphatic rings. The van der Waals surface area contributed by atoms with Crippen LogP contribution in [0.2, 0.25) is 0 Å². The third-order valence-corrected chi connectivity index (χ3v) is 3.67. The predicted molar refractivity (Wildman–Crippen MR) is 58.9 cm³/mol. The molecule has 84 valence electrons. The zero-order valence-corrected chi connectivity index (χ0v) is 10.3. The number of rotatable bonds is 3. The number of hydrogen-bond acceptors (Lipinski definition) is 3. The Hall–Kier alpha value is -0.350. The smallest absolute Gasteiger partial charge is 0.154 e. The van der Waals surface area contributed by atoms with Crippen molar-refractivity contribution in [3.8, 4) is 0 Å². The first-order valence-corrected chi connectivity index (χ1v) is 6.56. The fourth-order valence-corrected chi connectivity index (χ4v) is 3.00. The molecule has 0 unspecified atom stereocenters. The summed E-state index contributed by atoms with van der Waals surface area (Å²) in [6, 6.07) is 0. The highest BCUT2D eigenvalue weighted by atomic mass is 32.2. The monoisotopic (exact) mass is 220 g/mol. The molecule has 0 amide bonds. The highest BCUT2D eigenvalue weighted by molar-refractivity contribution is 7.91. The molecule has 0 bridgehead atoms. The number of sulfone groups is 1. The SMILES string of the molecule is C[C@H](O)C=C[C@@H](C(C)(C)C)S(C)(=O)=O. The van der Waals surface area contributed by atoms with E-state index in [1.807, 2.05) is 20.8 Å². The van der Waals surface area contributed by atoms with E-state index in [1.165, 1.54) is 12.3 Å². The lowest BCUT2D eigenvalue weighted by Gasteiger charge is -2.26. The van der Waals surface area contributed by atoms with Gasteiger partial charge in [0.25, 0.3) is 0 Å². The summed E-state index contributed by atoms with van der Waals surface area (Å²) in [6.45, 7) is 7.19. The average molecular weight is 220 g/mol. The van der Waals surface area contributed by atoms with Crippen LogP contribution in [0.15, 0.2) is 12.2 Å². The Morgan fingerprint density at radius 1 is 1.21 bits per heavy atom. The molecule has 0 aromatic rings. The molecule has 0 fully saturated rings. The summed E-state index contributed by atoms with van der Waals surface area (Å²) < 4.78 is 22.9. The van der Waals surface area contributed by atoms with Gasteiger partial charge in [-0.1, -0.05) is 32.9 Å². The van der Waals surface area contributed by atoms with Gasteiger partial charge in [0, 0.05) is 6.26 Å². The Morgan fingerprint density at radius 2 is 1.64 bits per heavy atom. The first-order valence-electron chi connectivity index (χ1n) is 4.60. The van der Waals surface area contributed by atoms with E-state index in [0.717, 1.165) is 0 Å². The van der Waals surface area contributed by atoms with Gasteiger partial charge in [0.2, 0.25) is 0 Å². The van der Waals surface area contributed by atoms with Crippen LogP contribution in [0.1, 0.15) is 27.7 Å². The van der Waals surface area contributed by atoms with Gasteiger partial charge in [-0.05, 0) is 12.3 Å². The topological polar surface area (TPSA) is 54.4 Å². The molecule has 0 spiro atoms. The van der Waals surface area contributed by atoms with E-state index in [2.05, 4.69) is 0 Å². The summed E-state index contributed by atoms with van der Waals surface area (Å²) in [4.78, 5) is 0. The summed E-state index contributed by atoms with van der Waals surface area (Å²) in [5.41, 5.74) is -0.348. The van der Waals surface area contributed by atoms with Crippen molar-refractivity contribution in [3.63, 3.8) is 0 Å². The Labute approximate surface area is 86.8 Å². The molecule has 0 aromatic heterocycles. The largest absolute Gasteiger partial charge is 0.389 e. The summed E-state index contributed by atoms with van der Waals surface area (Å²) >= 11 is 0. The fraction of sp³-hybridized carbons (Fsp3) is 0.800. The highest BCUT2D eigenvalue weighted by Gasteiger charge is 2.30. The molecule has 4 heteroatoms. The van der Waals surface area contributed by atoms with Crippen LogP contribution in [0, 0.1) is 5.41 Å². The number of hydrogen-bond donors (Lipinski definition) is 1. The van der Waals surface area contributed by atoms with Crippen molar-refractivity contribution in [2.45, 2.75) is 39.0 Å². The Morgan fingerprint density at radius 3 is 1.86 bits per heavy atom. The van der Waals surface area contributed by atoms with E-state index < -0.39 is 21.2 Å². The van der Waals surface area contributed by atoms with Gasteiger partial charge in [0.05, 0.1) is 11.4 Å². The molecular formula is C10H20O3S. The molecule has 0 rings (SSSR count). The van der Waals surface area contributed by atoms with Gasteiger partial charge in [-0.25, -0.2) is 8.42 Å². The molecule has 1 N–H and O–H groups in total. The van der Waals surface area contributed by atoms with Crippen LogP contribution >= 0.6 is 0 Å². The first kappa shape index (κ1) is 13.7. The summed E-state index contributed by atoms with van der Waals surface area (Å²) in [5.74, 6) is 0. The zero-order valence-electron chi connectivity index (χ0n) is 9.48. The van der Waals surface area contributed by atoms with Gasteiger partial charge in [-0.3, -0.25) is 0 Å². The number of aliphatic hydroxyl groups excluding tert-OH is 1. The lowest BCUT2D eigenvalue weighted by atomic mass is 9.91. The second kappa shape index (κ2) is 4.45. The quantitative estimate of drug-likeness (QED) is 0.731. The van der Waals surface area contributed by atoms with Crippen molar-refractivity contribution in [1.82, 2.24) is 0 Å². The molecule has 0 saturated heterocycles. The molecule has 0 aliphatic carbocycles. The second-order valence-electron chi connectivity index (χ2n) is 4.74. The third-order valence-electron chi connectivity index (χ3n) is 1.88. The lowest BCUT2D eigenvalue weighted by molar-refractivity contribution is 0.243. The summed E-state index contributed by atoms with van der Waals surface area (Å²) in [6.07, 6.45) is 3.69. The van der Waals surface area contributed by atoms with Gasteiger partial charge in [0.1, 0.15) is 0 Å². The third kappa shape index (κ3) is 4.77. The van der Waals surface area contributed by atoms with E-state index in [1.54, 1.807) is 13.0 Å². The van der Waals surface area contributed by atoms with Crippen LogP contribution in [0.5, 0.6) is 0 Å². The van der Waals surface area contributed by atoms with Crippen LogP contribution in [-0.4, -0.2) is 31.1 Å². The molecular weight excluding hydrogens is 200 g/mol. The lowest BCUT2D eigenvalue weighted by Crippen LogP contribution is -2.32. The van der Waals surface area contributed by atoms with Crippen molar-refractivity contribution < 1.29 is 13.5 Å². The predicted octanol–water partition coefficient (Wildman–Crippen LogP) is 1.38. The van der Waals surface area contributed by atoms with Crippen molar-refractivity contribution in [3.05, 3.63) is 12.2 Å². The van der Waals surface area contributed by atoms with Gasteiger partial charge in [0.15, 0.2) is 9.84 Å². The Bertz CT molecular complexity index is 294. The van der Waals surface area contributed by atoms with Crippen LogP contribution in [0.25, 0.3) is 0 Å². The van der Waals surface area contributed by atoms with Crippen molar-refractivity contribution in [2.75, 3.05) is 6.26 Å². The minimum Gasteiger partial charge on any atom is -0.389 e. The molecule has 0 heterocycles. The van der Waals surface area contributed by atoms with Crippen LogP contribution < -0.4 is 0 Å². The van der Waals surface area contributed by atoms with E-state index in [9.17, 15) is 8.42 Å². The Kier molecular flexibility index (Phi) is 4.34. The Balaban J connectivity index is 4.97. The van der Waals surface area contributed by atoms with E-state index in [0.29, 0.717) is 0 Å². The normalized spacial score (nSPS) is 18.4. The second-order valence-corrected chi connectivity index (χ2v) is 6.91. The van der Waals surface area contributed by atoms with Crippen LogP contribution in [0.3, 0.4) is 0 Å². The van der Waals surface area contributed by atoms with Crippen LogP contribution in [-0.2, 0) is 9.84 Å². The molecule has 14 heavy (non-hydrogen) atoms. The molecule has 0 aliphatic heterocycles. The highest BCUT2D eigenvalue weighted by Crippen LogP contribution is 2.26. The average Bonchev–Trinajstić information content (AvgIpc) is 1.78. The zero-order chi connectivity index (χ0) is 11.6. The minimum atomic E-state index is -3.12. The maximum absolute atomic E-state index is 11.5. The van der Waals surface area contributed by atoms with E-state index in [-0.39, 0.29) is 5.41 Å². The van der Waals surface area contributed by atoms with Crippen LogP contribution in [0.4, 0.5) is 0 Å². The summed E-state index contributed by atoms with van der Waals surface area (Å²) in [7, 11) is -3.12. The number of aliphatic hydroxyl groups is 1. The molecule has 3 nitrogen and oxygen atoms in total. The van der Waals surface area contributed by atoms with Gasteiger partial charge >= 0.3 is 0 Å². The molecule has 0 saturated carbocycles. The van der Waals surface area contributed by atoms with E-state index in [4.69, 9.17) is 5.11 Å². The van der Waals surface area contributed by atoms with Gasteiger partial charge in [-0.15, -0.1) is 0 Å². The maximum Gasteiger partial charge on any atom is 0.154 e. The van der Waals surface area contributed by atoms with Gasteiger partial charge in [-0.2, -0.15) is 0 Å². The van der Waals surface area contributed by atoms with E-state index >= 15 is 0 Å². The van der Waals surface area contributed by atoms with Crippen molar-refractivity contribution >= 4 is 9.84 Å². The summed E-state index contributed by atoms with van der Waals surface area (Å²) in [5, 5.41) is 8.50. The first-order chi connectivity index (χ1) is 6.05. The van der Waals surface area contributed by atoms with Crippen molar-refractivity contribution in [1.29, 1.82) is 0 Å². The minimum absolute atomic E-state index is 0.348. The fourth-order valence-electron chi connectivity index (χ4n) is 1.34. The molecule has 0 radical (unpaired) electrons. The standard InChI is InChI=1S/C10H20O3S/c1-8(11)6-7-9(10(2,3)4)14(5,12)13/h6-9,11H,1-5H3/t8-,9-/m0/s1.